The second-order valence-corrected chi connectivity index (χ2v) is 11.8. The SMILES string of the molecule is CCC(NC(=O)CCS(=O)(=O)Cc1ccccc1OC(F)F)C(=O)C(=O)NC1CCN(C(=O)c2ccccc2)CC1. The van der Waals surface area contributed by atoms with Gasteiger partial charge in [-0.1, -0.05) is 43.3 Å². The van der Waals surface area contributed by atoms with Crippen molar-refractivity contribution in [3.63, 3.8) is 0 Å². The molecule has 2 aromatic carbocycles. The van der Waals surface area contributed by atoms with Gasteiger partial charge in [0.2, 0.25) is 11.7 Å². The Bertz CT molecular complexity index is 1330. The summed E-state index contributed by atoms with van der Waals surface area (Å²) < 4.78 is 54.6. The highest BCUT2D eigenvalue weighted by molar-refractivity contribution is 7.90. The molecule has 13 heteroatoms. The quantitative estimate of drug-likeness (QED) is 0.340. The number of hydrogen-bond acceptors (Lipinski definition) is 7. The zero-order chi connectivity index (χ0) is 30.0. The van der Waals surface area contributed by atoms with E-state index in [1.165, 1.54) is 24.3 Å². The van der Waals surface area contributed by atoms with Crippen molar-refractivity contribution in [3.05, 3.63) is 65.7 Å². The van der Waals surface area contributed by atoms with E-state index in [0.29, 0.717) is 31.5 Å². The summed E-state index contributed by atoms with van der Waals surface area (Å²) in [6, 6.07) is 12.8. The second kappa shape index (κ2) is 14.7. The van der Waals surface area contributed by atoms with Crippen LogP contribution in [0.4, 0.5) is 8.78 Å². The fourth-order valence-electron chi connectivity index (χ4n) is 4.42. The Morgan fingerprint density at radius 2 is 1.63 bits per heavy atom. The summed E-state index contributed by atoms with van der Waals surface area (Å²) in [7, 11) is -3.89. The van der Waals surface area contributed by atoms with Crippen molar-refractivity contribution in [2.24, 2.45) is 0 Å². The van der Waals surface area contributed by atoms with E-state index in [1.807, 2.05) is 6.07 Å². The minimum Gasteiger partial charge on any atom is -0.435 e. The third-order valence-corrected chi connectivity index (χ3v) is 8.20. The number of Topliss-reactive ketones (excluding diaryl/α,β-unsaturated/α-hetero) is 1. The van der Waals surface area contributed by atoms with E-state index in [0.717, 1.165) is 0 Å². The Hall–Kier alpha value is -3.87. The van der Waals surface area contributed by atoms with Crippen LogP contribution in [-0.2, 0) is 30.0 Å². The van der Waals surface area contributed by atoms with Gasteiger partial charge in [-0.2, -0.15) is 8.78 Å². The predicted octanol–water partition coefficient (Wildman–Crippen LogP) is 2.48. The largest absolute Gasteiger partial charge is 0.435 e. The fraction of sp³-hybridized carbons (Fsp3) is 0.429. The molecule has 0 aromatic heterocycles. The van der Waals surface area contributed by atoms with Crippen LogP contribution in [0.2, 0.25) is 0 Å². The minimum absolute atomic E-state index is 0.0294. The molecule has 10 nitrogen and oxygen atoms in total. The van der Waals surface area contributed by atoms with E-state index < -0.39 is 58.0 Å². The summed E-state index contributed by atoms with van der Waals surface area (Å²) in [6.07, 6.45) is 0.542. The minimum atomic E-state index is -3.89. The topological polar surface area (TPSA) is 139 Å². The normalized spacial score (nSPS) is 14.8. The fourth-order valence-corrected chi connectivity index (χ4v) is 5.77. The summed E-state index contributed by atoms with van der Waals surface area (Å²) in [4.78, 5) is 52.1. The average Bonchev–Trinajstić information content (AvgIpc) is 2.95. The molecule has 0 saturated carbocycles. The highest BCUT2D eigenvalue weighted by Gasteiger charge is 2.30. The molecule has 41 heavy (non-hydrogen) atoms. The standard InChI is InChI=1S/C28H33F2N3O7S/c1-2-22(32-24(34)14-17-41(38,39)18-20-10-6-7-11-23(20)40-28(29)30)25(35)26(36)31-21-12-15-33(16-13-21)27(37)19-8-4-3-5-9-19/h3-11,21-22,28H,2,12-18H2,1H3,(H,31,36)(H,32,34). The molecule has 1 aliphatic heterocycles. The molecular formula is C28H33F2N3O7S. The van der Waals surface area contributed by atoms with Crippen molar-refractivity contribution in [1.82, 2.24) is 15.5 Å². The van der Waals surface area contributed by atoms with Crippen LogP contribution in [0.3, 0.4) is 0 Å². The molecule has 1 heterocycles. The van der Waals surface area contributed by atoms with Gasteiger partial charge >= 0.3 is 6.61 Å². The van der Waals surface area contributed by atoms with Crippen LogP contribution < -0.4 is 15.4 Å². The number of nitrogens with zero attached hydrogens (tertiary/aromatic N) is 1. The number of para-hydroxylation sites is 1. The van der Waals surface area contributed by atoms with Gasteiger partial charge in [-0.05, 0) is 37.5 Å². The zero-order valence-corrected chi connectivity index (χ0v) is 23.4. The number of amides is 3. The Kier molecular flexibility index (Phi) is 11.3. The lowest BCUT2D eigenvalue weighted by Gasteiger charge is -2.32. The number of carbonyl (C=O) groups is 4. The molecule has 3 amide bonds. The van der Waals surface area contributed by atoms with Crippen LogP contribution in [0.1, 0.15) is 48.5 Å². The van der Waals surface area contributed by atoms with E-state index in [1.54, 1.807) is 36.1 Å². The van der Waals surface area contributed by atoms with Gasteiger partial charge in [0.1, 0.15) is 5.75 Å². The molecule has 0 spiro atoms. The summed E-state index contributed by atoms with van der Waals surface area (Å²) in [5, 5.41) is 5.08. The Morgan fingerprint density at radius 1 is 1.00 bits per heavy atom. The zero-order valence-electron chi connectivity index (χ0n) is 22.6. The monoisotopic (exact) mass is 593 g/mol. The van der Waals surface area contributed by atoms with Gasteiger partial charge in [-0.25, -0.2) is 8.42 Å². The van der Waals surface area contributed by atoms with Crippen LogP contribution >= 0.6 is 0 Å². The van der Waals surface area contributed by atoms with E-state index in [9.17, 15) is 36.4 Å². The van der Waals surface area contributed by atoms with E-state index in [2.05, 4.69) is 15.4 Å². The number of ketones is 1. The number of alkyl halides is 2. The van der Waals surface area contributed by atoms with Crippen LogP contribution in [0, 0.1) is 0 Å². The maximum atomic E-state index is 12.7. The first-order valence-corrected chi connectivity index (χ1v) is 15.0. The van der Waals surface area contributed by atoms with Crippen molar-refractivity contribution in [1.29, 1.82) is 0 Å². The van der Waals surface area contributed by atoms with Gasteiger partial charge in [0.05, 0.1) is 17.5 Å². The van der Waals surface area contributed by atoms with Crippen molar-refractivity contribution in [3.8, 4) is 5.75 Å². The average molecular weight is 594 g/mol. The molecule has 1 aliphatic rings. The van der Waals surface area contributed by atoms with Crippen LogP contribution in [0.5, 0.6) is 5.75 Å². The van der Waals surface area contributed by atoms with E-state index >= 15 is 0 Å². The third-order valence-electron chi connectivity index (χ3n) is 6.63. The molecule has 0 bridgehead atoms. The Morgan fingerprint density at radius 3 is 2.27 bits per heavy atom. The number of ether oxygens (including phenoxy) is 1. The van der Waals surface area contributed by atoms with Gasteiger partial charge < -0.3 is 20.3 Å². The molecule has 2 N–H and O–H groups in total. The molecule has 1 fully saturated rings. The molecule has 1 saturated heterocycles. The Balaban J connectivity index is 1.46. The number of carbonyl (C=O) groups excluding carboxylic acids is 4. The molecule has 222 valence electrons. The molecule has 1 atom stereocenters. The second-order valence-electron chi connectivity index (χ2n) is 9.63. The highest BCUT2D eigenvalue weighted by atomic mass is 32.2. The summed E-state index contributed by atoms with van der Waals surface area (Å²) in [5.41, 5.74) is 0.604. The summed E-state index contributed by atoms with van der Waals surface area (Å²) in [5.74, 6) is -4.06. The van der Waals surface area contributed by atoms with Crippen LogP contribution in [0.25, 0.3) is 0 Å². The third kappa shape index (κ3) is 9.62. The molecule has 0 aliphatic carbocycles. The molecule has 3 rings (SSSR count). The number of hydrogen-bond donors (Lipinski definition) is 2. The number of rotatable bonds is 13. The number of benzene rings is 2. The number of sulfone groups is 1. The lowest BCUT2D eigenvalue weighted by atomic mass is 10.0. The Labute approximate surface area is 237 Å². The van der Waals surface area contributed by atoms with Crippen molar-refractivity contribution < 1.29 is 41.1 Å². The smallest absolute Gasteiger partial charge is 0.387 e. The van der Waals surface area contributed by atoms with E-state index in [4.69, 9.17) is 0 Å². The summed E-state index contributed by atoms with van der Waals surface area (Å²) >= 11 is 0. The van der Waals surface area contributed by atoms with Crippen LogP contribution in [-0.4, -0.2) is 74.4 Å². The van der Waals surface area contributed by atoms with Gasteiger partial charge in [-0.3, -0.25) is 19.2 Å². The molecule has 1 unspecified atom stereocenters. The van der Waals surface area contributed by atoms with Gasteiger partial charge in [0.25, 0.3) is 11.8 Å². The van der Waals surface area contributed by atoms with Crippen LogP contribution in [0.15, 0.2) is 54.6 Å². The van der Waals surface area contributed by atoms with Gasteiger partial charge in [0.15, 0.2) is 9.84 Å². The maximum Gasteiger partial charge on any atom is 0.387 e. The number of halogens is 2. The number of piperidine rings is 1. The molecular weight excluding hydrogens is 560 g/mol. The van der Waals surface area contributed by atoms with Gasteiger partial charge in [-0.15, -0.1) is 0 Å². The first kappa shape index (κ1) is 31.7. The van der Waals surface area contributed by atoms with E-state index in [-0.39, 0.29) is 29.7 Å². The number of likely N-dealkylation sites (tertiary alicyclic amines) is 1. The lowest BCUT2D eigenvalue weighted by molar-refractivity contribution is -0.140. The summed E-state index contributed by atoms with van der Waals surface area (Å²) in [6.45, 7) is -0.704. The number of nitrogens with one attached hydrogen (secondary N) is 2. The van der Waals surface area contributed by atoms with Crippen molar-refractivity contribution >= 4 is 33.3 Å². The molecule has 2 aromatic rings. The molecule has 0 radical (unpaired) electrons. The van der Waals surface area contributed by atoms with Gasteiger partial charge in [0, 0.05) is 36.7 Å². The maximum absolute atomic E-state index is 12.7. The van der Waals surface area contributed by atoms with Crippen molar-refractivity contribution in [2.45, 2.75) is 57.1 Å². The lowest BCUT2D eigenvalue weighted by Crippen LogP contribution is -2.52. The first-order valence-electron chi connectivity index (χ1n) is 13.2. The van der Waals surface area contributed by atoms with Crippen molar-refractivity contribution in [2.75, 3.05) is 18.8 Å². The first-order chi connectivity index (χ1) is 19.5. The predicted molar refractivity (Wildman–Crippen MR) is 146 cm³/mol. The highest BCUT2D eigenvalue weighted by Crippen LogP contribution is 2.23.